The molecule has 2 N–H and O–H groups in total. The van der Waals surface area contributed by atoms with Crippen molar-refractivity contribution in [2.24, 2.45) is 0 Å². The second-order valence-corrected chi connectivity index (χ2v) is 3.24. The third-order valence-corrected chi connectivity index (χ3v) is 1.59. The normalized spacial score (nSPS) is 16.0. The first-order valence-corrected chi connectivity index (χ1v) is 4.96. The number of esters is 1. The lowest BCUT2D eigenvalue weighted by Gasteiger charge is -1.99. The second kappa shape index (κ2) is 8.49. The molecule has 0 radical (unpaired) electrons. The van der Waals surface area contributed by atoms with Crippen molar-refractivity contribution in [1.82, 2.24) is 5.32 Å². The first-order valence-electron chi connectivity index (χ1n) is 4.96. The molecule has 0 bridgehead atoms. The minimum atomic E-state index is -0.359. The van der Waals surface area contributed by atoms with Gasteiger partial charge in [-0.15, -0.1) is 0 Å². The van der Waals surface area contributed by atoms with Crippen LogP contribution in [0, 0.1) is 0 Å². The number of carbonyl (C=O) groups excluding carboxylic acids is 2. The van der Waals surface area contributed by atoms with E-state index >= 15 is 0 Å². The summed E-state index contributed by atoms with van der Waals surface area (Å²) in [5.41, 5.74) is 0.431. The smallest absolute Gasteiger partial charge is 0.333 e. The summed E-state index contributed by atoms with van der Waals surface area (Å²) in [6.45, 7) is 8.97. The van der Waals surface area contributed by atoms with E-state index in [0.717, 1.165) is 6.08 Å². The number of nitrogens with one attached hydrogen (secondary N) is 1. The Kier molecular flexibility index (Phi) is 7.66. The zero-order valence-electron chi connectivity index (χ0n) is 9.77. The first kappa shape index (κ1) is 15.3. The van der Waals surface area contributed by atoms with Crippen LogP contribution in [0.3, 0.4) is 0 Å². The minimum absolute atomic E-state index is 0.142. The molecule has 6 heteroatoms. The van der Waals surface area contributed by atoms with E-state index in [9.17, 15) is 9.59 Å². The zero-order valence-corrected chi connectivity index (χ0v) is 9.77. The minimum Gasteiger partial charge on any atom is -0.459 e. The molecule has 6 nitrogen and oxygen atoms in total. The number of aliphatic hydroxyl groups excluding tert-OH is 1. The van der Waals surface area contributed by atoms with Crippen molar-refractivity contribution in [2.75, 3.05) is 19.9 Å². The molecule has 0 aliphatic carbocycles. The van der Waals surface area contributed by atoms with Crippen LogP contribution in [-0.4, -0.2) is 43.0 Å². The topological polar surface area (TPSA) is 88.2 Å². The molecule has 1 saturated heterocycles. The lowest BCUT2D eigenvalue weighted by molar-refractivity contribution is -0.139. The number of carbonyl (C=O) groups is 2. The Morgan fingerprint density at radius 2 is 2.24 bits per heavy atom. The lowest BCUT2D eigenvalue weighted by atomic mass is 10.4. The van der Waals surface area contributed by atoms with Gasteiger partial charge in [-0.25, -0.2) is 4.79 Å². The van der Waals surface area contributed by atoms with E-state index in [2.05, 4.69) is 18.5 Å². The molecule has 0 aromatic carbocycles. The highest BCUT2D eigenvalue weighted by Gasteiger charge is 2.24. The van der Waals surface area contributed by atoms with Gasteiger partial charge >= 0.3 is 5.97 Å². The largest absolute Gasteiger partial charge is 0.459 e. The van der Waals surface area contributed by atoms with Gasteiger partial charge in [0.05, 0.1) is 6.61 Å². The summed E-state index contributed by atoms with van der Waals surface area (Å²) in [5.74, 6) is -0.696. The average Bonchev–Trinajstić information content (AvgIpc) is 3.10. The Bertz CT molecular complexity index is 296. The molecule has 1 fully saturated rings. The predicted molar refractivity (Wildman–Crippen MR) is 60.9 cm³/mol. The van der Waals surface area contributed by atoms with Crippen LogP contribution in [0.1, 0.15) is 6.92 Å². The fourth-order valence-electron chi connectivity index (χ4n) is 0.606. The van der Waals surface area contributed by atoms with Crippen LogP contribution < -0.4 is 5.32 Å². The van der Waals surface area contributed by atoms with Gasteiger partial charge in [0, 0.05) is 5.57 Å². The van der Waals surface area contributed by atoms with Crippen LogP contribution in [0.5, 0.6) is 0 Å². The Hall–Kier alpha value is -1.66. The molecule has 96 valence electrons. The SMILES string of the molecule is C=C(C)C(=O)OCC1CO1.C=CC(=O)NCO. The second-order valence-electron chi connectivity index (χ2n) is 3.24. The molecule has 0 spiro atoms. The summed E-state index contributed by atoms with van der Waals surface area (Å²) in [6.07, 6.45) is 1.24. The Morgan fingerprint density at radius 3 is 2.53 bits per heavy atom. The number of ether oxygens (including phenoxy) is 2. The molecule has 1 unspecified atom stereocenters. The van der Waals surface area contributed by atoms with Crippen LogP contribution in [0.25, 0.3) is 0 Å². The summed E-state index contributed by atoms with van der Waals surface area (Å²) in [7, 11) is 0. The number of aliphatic hydroxyl groups is 1. The summed E-state index contributed by atoms with van der Waals surface area (Å²) in [6, 6.07) is 0. The molecule has 1 aliphatic heterocycles. The van der Waals surface area contributed by atoms with E-state index in [-0.39, 0.29) is 24.7 Å². The van der Waals surface area contributed by atoms with E-state index in [1.807, 2.05) is 0 Å². The highest BCUT2D eigenvalue weighted by Crippen LogP contribution is 2.09. The van der Waals surface area contributed by atoms with Crippen molar-refractivity contribution in [2.45, 2.75) is 13.0 Å². The van der Waals surface area contributed by atoms with Gasteiger partial charge in [-0.05, 0) is 13.0 Å². The average molecular weight is 243 g/mol. The first-order chi connectivity index (χ1) is 8.01. The molecule has 0 aromatic heterocycles. The van der Waals surface area contributed by atoms with Gasteiger partial charge in [-0.2, -0.15) is 0 Å². The van der Waals surface area contributed by atoms with Gasteiger partial charge in [0.1, 0.15) is 19.4 Å². The molecule has 0 saturated carbocycles. The standard InChI is InChI=1S/C7H10O3.C4H7NO2/c1-5(2)7(8)10-4-6-3-9-6;1-2-4(7)5-3-6/h6H,1,3-4H2,2H3;2,6H,1,3H2,(H,5,7). The van der Waals surface area contributed by atoms with Gasteiger partial charge in [0.15, 0.2) is 0 Å². The fourth-order valence-corrected chi connectivity index (χ4v) is 0.606. The van der Waals surface area contributed by atoms with Crippen LogP contribution in [-0.2, 0) is 19.1 Å². The molecule has 1 heterocycles. The molecular weight excluding hydrogens is 226 g/mol. The third-order valence-electron chi connectivity index (χ3n) is 1.59. The highest BCUT2D eigenvalue weighted by atomic mass is 16.6. The van der Waals surface area contributed by atoms with Crippen LogP contribution in [0.15, 0.2) is 24.8 Å². The Balaban J connectivity index is 0.000000325. The highest BCUT2D eigenvalue weighted by molar-refractivity contribution is 5.87. The molecule has 0 aromatic rings. The van der Waals surface area contributed by atoms with E-state index in [1.54, 1.807) is 6.92 Å². The molecular formula is C11H17NO5. The van der Waals surface area contributed by atoms with Crippen molar-refractivity contribution < 1.29 is 24.2 Å². The Labute approximate surface area is 99.9 Å². The molecule has 1 aliphatic rings. The van der Waals surface area contributed by atoms with Crippen LogP contribution >= 0.6 is 0 Å². The van der Waals surface area contributed by atoms with Gasteiger partial charge in [-0.3, -0.25) is 4.79 Å². The summed E-state index contributed by atoms with van der Waals surface area (Å²) < 4.78 is 9.60. The number of amides is 1. The van der Waals surface area contributed by atoms with Crippen molar-refractivity contribution >= 4 is 11.9 Å². The summed E-state index contributed by atoms with van der Waals surface area (Å²) in [5, 5.41) is 10.1. The van der Waals surface area contributed by atoms with Gasteiger partial charge in [0.25, 0.3) is 0 Å². The number of rotatable bonds is 5. The van der Waals surface area contributed by atoms with Gasteiger partial charge in [-0.1, -0.05) is 13.2 Å². The fraction of sp³-hybridized carbons (Fsp3) is 0.455. The zero-order chi connectivity index (χ0) is 13.3. The molecule has 17 heavy (non-hydrogen) atoms. The van der Waals surface area contributed by atoms with Crippen molar-refractivity contribution in [3.8, 4) is 0 Å². The van der Waals surface area contributed by atoms with Crippen molar-refractivity contribution in [3.05, 3.63) is 24.8 Å². The summed E-state index contributed by atoms with van der Waals surface area (Å²) >= 11 is 0. The number of hydrogen-bond donors (Lipinski definition) is 2. The van der Waals surface area contributed by atoms with E-state index in [0.29, 0.717) is 18.8 Å². The maximum absolute atomic E-state index is 10.7. The summed E-state index contributed by atoms with van der Waals surface area (Å²) in [4.78, 5) is 20.7. The third kappa shape index (κ3) is 9.28. The number of hydrogen-bond acceptors (Lipinski definition) is 5. The van der Waals surface area contributed by atoms with E-state index in [4.69, 9.17) is 14.6 Å². The van der Waals surface area contributed by atoms with E-state index < -0.39 is 0 Å². The van der Waals surface area contributed by atoms with Crippen LogP contribution in [0.4, 0.5) is 0 Å². The maximum Gasteiger partial charge on any atom is 0.333 e. The van der Waals surface area contributed by atoms with Gasteiger partial charge < -0.3 is 19.9 Å². The van der Waals surface area contributed by atoms with Crippen molar-refractivity contribution in [1.29, 1.82) is 0 Å². The predicted octanol–water partition coefficient (Wildman–Crippen LogP) is -0.257. The molecule has 1 atom stereocenters. The number of epoxide rings is 1. The molecule has 1 amide bonds. The lowest BCUT2D eigenvalue weighted by Crippen LogP contribution is -2.20. The van der Waals surface area contributed by atoms with Gasteiger partial charge in [0.2, 0.25) is 5.91 Å². The Morgan fingerprint density at radius 1 is 1.65 bits per heavy atom. The quantitative estimate of drug-likeness (QED) is 0.301. The monoisotopic (exact) mass is 243 g/mol. The van der Waals surface area contributed by atoms with Crippen LogP contribution in [0.2, 0.25) is 0 Å². The van der Waals surface area contributed by atoms with E-state index in [1.165, 1.54) is 0 Å². The maximum atomic E-state index is 10.7. The van der Waals surface area contributed by atoms with Crippen molar-refractivity contribution in [3.63, 3.8) is 0 Å². The molecule has 1 rings (SSSR count).